The van der Waals surface area contributed by atoms with E-state index in [1.807, 2.05) is 33.0 Å². The Balaban J connectivity index is 2.26. The van der Waals surface area contributed by atoms with Crippen molar-refractivity contribution in [2.75, 3.05) is 17.7 Å². The summed E-state index contributed by atoms with van der Waals surface area (Å²) < 4.78 is 0. The molecule has 0 bridgehead atoms. The summed E-state index contributed by atoms with van der Waals surface area (Å²) in [4.78, 5) is 12.9. The topological polar surface area (TPSA) is 62.7 Å². The van der Waals surface area contributed by atoms with Gasteiger partial charge in [0.1, 0.15) is 17.5 Å². The molecule has 1 atom stereocenters. The molecule has 0 spiro atoms. The van der Waals surface area contributed by atoms with Gasteiger partial charge >= 0.3 is 0 Å². The highest BCUT2D eigenvalue weighted by molar-refractivity contribution is 5.57. The maximum atomic E-state index is 4.47. The highest BCUT2D eigenvalue weighted by atomic mass is 15.1. The first-order valence-electron chi connectivity index (χ1n) is 6.31. The van der Waals surface area contributed by atoms with Crippen molar-refractivity contribution in [1.82, 2.24) is 15.0 Å². The van der Waals surface area contributed by atoms with Gasteiger partial charge in [0.15, 0.2) is 0 Å². The lowest BCUT2D eigenvalue weighted by molar-refractivity contribution is 0.860. The lowest BCUT2D eigenvalue weighted by Crippen LogP contribution is -2.12. The molecule has 1 unspecified atom stereocenters. The van der Waals surface area contributed by atoms with Crippen molar-refractivity contribution < 1.29 is 0 Å². The van der Waals surface area contributed by atoms with Crippen LogP contribution in [0.3, 0.4) is 0 Å². The second-order valence-corrected chi connectivity index (χ2v) is 4.49. The van der Waals surface area contributed by atoms with Crippen molar-refractivity contribution in [2.45, 2.75) is 26.8 Å². The van der Waals surface area contributed by atoms with Crippen LogP contribution in [0.4, 0.5) is 11.6 Å². The Kier molecular flexibility index (Phi) is 3.94. The number of aromatic nitrogens is 3. The van der Waals surface area contributed by atoms with E-state index in [-0.39, 0.29) is 6.04 Å². The van der Waals surface area contributed by atoms with Gasteiger partial charge in [0, 0.05) is 25.0 Å². The van der Waals surface area contributed by atoms with E-state index in [4.69, 9.17) is 0 Å². The number of nitrogens with one attached hydrogen (secondary N) is 2. The molecule has 2 rings (SSSR count). The molecule has 0 fully saturated rings. The summed E-state index contributed by atoms with van der Waals surface area (Å²) in [6, 6.07) is 4.17. The monoisotopic (exact) mass is 257 g/mol. The zero-order chi connectivity index (χ0) is 13.8. The van der Waals surface area contributed by atoms with Gasteiger partial charge in [-0.1, -0.05) is 0 Å². The molecule has 0 amide bonds. The number of anilines is 2. The highest BCUT2D eigenvalue weighted by Gasteiger charge is 2.11. The zero-order valence-electron chi connectivity index (χ0n) is 11.7. The van der Waals surface area contributed by atoms with Crippen molar-refractivity contribution in [3.05, 3.63) is 41.5 Å². The van der Waals surface area contributed by atoms with Gasteiger partial charge in [0.25, 0.3) is 0 Å². The lowest BCUT2D eigenvalue weighted by atomic mass is 10.1. The predicted octanol–water partition coefficient (Wildman–Crippen LogP) is 2.70. The number of hydrogen-bond acceptors (Lipinski definition) is 5. The van der Waals surface area contributed by atoms with Crippen molar-refractivity contribution in [1.29, 1.82) is 0 Å². The highest BCUT2D eigenvalue weighted by Crippen LogP contribution is 2.23. The fourth-order valence-corrected chi connectivity index (χ4v) is 1.95. The maximum Gasteiger partial charge on any atom is 0.135 e. The van der Waals surface area contributed by atoms with Crippen LogP contribution in [0.25, 0.3) is 0 Å². The van der Waals surface area contributed by atoms with E-state index >= 15 is 0 Å². The van der Waals surface area contributed by atoms with Crippen LogP contribution in [-0.2, 0) is 0 Å². The van der Waals surface area contributed by atoms with E-state index in [2.05, 4.69) is 32.5 Å². The molecule has 0 aliphatic rings. The van der Waals surface area contributed by atoms with Gasteiger partial charge in [-0.25, -0.2) is 9.97 Å². The molecule has 5 nitrogen and oxygen atoms in total. The molecule has 100 valence electrons. The Bertz CT molecular complexity index is 553. The van der Waals surface area contributed by atoms with Gasteiger partial charge in [-0.05, 0) is 38.5 Å². The molecular formula is C14H19N5. The number of hydrogen-bond donors (Lipinski definition) is 2. The molecule has 0 aliphatic carbocycles. The summed E-state index contributed by atoms with van der Waals surface area (Å²) in [6.07, 6.45) is 3.59. The van der Waals surface area contributed by atoms with E-state index in [0.717, 1.165) is 23.0 Å². The quantitative estimate of drug-likeness (QED) is 0.881. The number of nitrogens with zero attached hydrogens (tertiary/aromatic N) is 3. The van der Waals surface area contributed by atoms with Gasteiger partial charge < -0.3 is 10.6 Å². The van der Waals surface area contributed by atoms with E-state index < -0.39 is 0 Å². The minimum Gasteiger partial charge on any atom is -0.373 e. The number of rotatable bonds is 4. The van der Waals surface area contributed by atoms with Gasteiger partial charge in [-0.3, -0.25) is 4.98 Å². The Morgan fingerprint density at radius 1 is 1.05 bits per heavy atom. The number of pyridine rings is 1. The van der Waals surface area contributed by atoms with Crippen LogP contribution < -0.4 is 10.6 Å². The second kappa shape index (κ2) is 5.65. The Morgan fingerprint density at radius 2 is 1.68 bits per heavy atom. The summed E-state index contributed by atoms with van der Waals surface area (Å²) in [5.74, 6) is 2.47. The van der Waals surface area contributed by atoms with E-state index in [0.29, 0.717) is 0 Å². The van der Waals surface area contributed by atoms with Crippen LogP contribution in [0.1, 0.15) is 29.9 Å². The maximum absolute atomic E-state index is 4.47. The van der Waals surface area contributed by atoms with Gasteiger partial charge in [0.05, 0.1) is 6.04 Å². The molecule has 2 aromatic heterocycles. The molecule has 5 heteroatoms. The van der Waals surface area contributed by atoms with Crippen molar-refractivity contribution in [2.24, 2.45) is 0 Å². The molecule has 0 saturated heterocycles. The molecule has 19 heavy (non-hydrogen) atoms. The molecule has 0 saturated carbocycles. The summed E-state index contributed by atoms with van der Waals surface area (Å²) in [5.41, 5.74) is 2.20. The molecule has 0 radical (unpaired) electrons. The van der Waals surface area contributed by atoms with Crippen molar-refractivity contribution in [3.8, 4) is 0 Å². The average Bonchev–Trinajstić information content (AvgIpc) is 2.43. The second-order valence-electron chi connectivity index (χ2n) is 4.49. The number of aryl methyl sites for hydroxylation is 1. The van der Waals surface area contributed by atoms with Gasteiger partial charge in [-0.15, -0.1) is 0 Å². The fourth-order valence-electron chi connectivity index (χ4n) is 1.95. The van der Waals surface area contributed by atoms with Crippen LogP contribution in [0.2, 0.25) is 0 Å². The third-order valence-electron chi connectivity index (χ3n) is 3.05. The van der Waals surface area contributed by atoms with Crippen molar-refractivity contribution in [3.63, 3.8) is 0 Å². The first-order chi connectivity index (χ1) is 9.11. The molecule has 0 aliphatic heterocycles. The zero-order valence-corrected chi connectivity index (χ0v) is 11.7. The normalized spacial score (nSPS) is 12.0. The van der Waals surface area contributed by atoms with E-state index in [1.54, 1.807) is 12.4 Å². The summed E-state index contributed by atoms with van der Waals surface area (Å²) in [6.45, 7) is 6.00. The summed E-state index contributed by atoms with van der Waals surface area (Å²) in [7, 11) is 1.87. The standard InChI is InChI=1S/C14H19N5/c1-9-13(15-4)18-11(3)19-14(9)17-10(2)12-5-7-16-8-6-12/h5-8,10H,1-4H3,(H2,15,17,18,19). The first kappa shape index (κ1) is 13.3. The fraction of sp³-hybridized carbons (Fsp3) is 0.357. The van der Waals surface area contributed by atoms with Crippen LogP contribution in [0.5, 0.6) is 0 Å². The van der Waals surface area contributed by atoms with Crippen LogP contribution >= 0.6 is 0 Å². The summed E-state index contributed by atoms with van der Waals surface area (Å²) >= 11 is 0. The largest absolute Gasteiger partial charge is 0.373 e. The molecule has 2 aromatic rings. The minimum absolute atomic E-state index is 0.167. The predicted molar refractivity (Wildman–Crippen MR) is 77.3 cm³/mol. The third-order valence-corrected chi connectivity index (χ3v) is 3.05. The SMILES string of the molecule is CNc1nc(C)nc(NC(C)c2ccncc2)c1C. The van der Waals surface area contributed by atoms with Crippen LogP contribution in [0, 0.1) is 13.8 Å². The lowest BCUT2D eigenvalue weighted by Gasteiger charge is -2.18. The molecule has 2 heterocycles. The van der Waals surface area contributed by atoms with Gasteiger partial charge in [0.2, 0.25) is 0 Å². The molecule has 2 N–H and O–H groups in total. The van der Waals surface area contributed by atoms with Crippen LogP contribution in [0.15, 0.2) is 24.5 Å². The molecular weight excluding hydrogens is 238 g/mol. The Hall–Kier alpha value is -2.17. The minimum atomic E-state index is 0.167. The Morgan fingerprint density at radius 3 is 2.32 bits per heavy atom. The van der Waals surface area contributed by atoms with E-state index in [9.17, 15) is 0 Å². The summed E-state index contributed by atoms with van der Waals surface area (Å²) in [5, 5.41) is 6.51. The third kappa shape index (κ3) is 2.99. The first-order valence-corrected chi connectivity index (χ1v) is 6.31. The van der Waals surface area contributed by atoms with Crippen molar-refractivity contribution >= 4 is 11.6 Å². The van der Waals surface area contributed by atoms with Gasteiger partial charge in [-0.2, -0.15) is 0 Å². The smallest absolute Gasteiger partial charge is 0.135 e. The Labute approximate surface area is 113 Å². The van der Waals surface area contributed by atoms with Crippen LogP contribution in [-0.4, -0.2) is 22.0 Å². The van der Waals surface area contributed by atoms with E-state index in [1.165, 1.54) is 5.56 Å². The molecule has 0 aromatic carbocycles. The average molecular weight is 257 g/mol.